The Morgan fingerprint density at radius 1 is 0.593 bits per heavy atom. The average Bonchev–Trinajstić information content (AvgIpc) is 2.67. The largest absolute Gasteiger partial charge is 0.673 e. The lowest BCUT2D eigenvalue weighted by atomic mass is 10.3. The first kappa shape index (κ1) is 20.7. The number of benzene rings is 3. The molecule has 3 aromatic rings. The van der Waals surface area contributed by atoms with E-state index in [1.165, 1.54) is 15.9 Å². The van der Waals surface area contributed by atoms with E-state index in [2.05, 4.69) is 103 Å². The molecule has 138 valence electrons. The molecule has 0 unspecified atom stereocenters. The Hall–Kier alpha value is -2.57. The van der Waals surface area contributed by atoms with Crippen molar-refractivity contribution in [1.29, 1.82) is 0 Å². The van der Waals surface area contributed by atoms with E-state index in [0.29, 0.717) is 0 Å². The van der Waals surface area contributed by atoms with Crippen molar-refractivity contribution in [3.63, 3.8) is 0 Å². The molecule has 0 bridgehead atoms. The summed E-state index contributed by atoms with van der Waals surface area (Å²) in [7, 11) is -7.91. The van der Waals surface area contributed by atoms with E-state index >= 15 is 0 Å². The number of rotatable bonds is 3. The molecular formula is C21H18BF4P. The average molecular weight is 388 g/mol. The first-order valence-corrected chi connectivity index (χ1v) is 10.0. The van der Waals surface area contributed by atoms with Crippen LogP contribution in [0.1, 0.15) is 6.92 Å². The summed E-state index contributed by atoms with van der Waals surface area (Å²) in [6, 6.07) is 32.1. The van der Waals surface area contributed by atoms with Gasteiger partial charge in [-0.05, 0) is 36.4 Å². The lowest BCUT2D eigenvalue weighted by molar-refractivity contribution is 0.368. The van der Waals surface area contributed by atoms with Crippen molar-refractivity contribution in [3.05, 3.63) is 91.0 Å². The van der Waals surface area contributed by atoms with Crippen LogP contribution in [0.2, 0.25) is 0 Å². The number of hydrogen-bond acceptors (Lipinski definition) is 0. The second kappa shape index (κ2) is 9.39. The quantitative estimate of drug-likeness (QED) is 0.249. The molecule has 6 heteroatoms. The minimum absolute atomic E-state index is 1.31. The fraction of sp³-hybridized carbons (Fsp3) is 0.0476. The van der Waals surface area contributed by atoms with Crippen molar-refractivity contribution in [2.45, 2.75) is 6.92 Å². The van der Waals surface area contributed by atoms with Gasteiger partial charge < -0.3 is 17.3 Å². The summed E-state index contributed by atoms with van der Waals surface area (Å²) in [5.41, 5.74) is 3.61. The van der Waals surface area contributed by atoms with Gasteiger partial charge in [-0.1, -0.05) is 60.5 Å². The SMILES string of the molecule is CC#C[P+](c1ccccc1)(c1ccccc1)c1ccccc1.F[B-](F)(F)F. The first-order valence-electron chi connectivity index (χ1n) is 8.25. The lowest BCUT2D eigenvalue weighted by Crippen LogP contribution is -2.29. The molecular weight excluding hydrogens is 370 g/mol. The Morgan fingerprint density at radius 2 is 0.852 bits per heavy atom. The van der Waals surface area contributed by atoms with Crippen molar-refractivity contribution >= 4 is 30.4 Å². The van der Waals surface area contributed by atoms with Gasteiger partial charge in [0.15, 0.2) is 7.26 Å². The van der Waals surface area contributed by atoms with Crippen LogP contribution in [0, 0.1) is 11.6 Å². The maximum atomic E-state index is 9.75. The van der Waals surface area contributed by atoms with Crippen LogP contribution in [-0.2, 0) is 0 Å². The zero-order chi connectivity index (χ0) is 19.8. The lowest BCUT2D eigenvalue weighted by Gasteiger charge is -2.21. The molecule has 0 aliphatic rings. The van der Waals surface area contributed by atoms with Gasteiger partial charge in [0.25, 0.3) is 0 Å². The second-order valence-corrected chi connectivity index (χ2v) is 8.65. The molecule has 0 N–H and O–H groups in total. The van der Waals surface area contributed by atoms with Crippen molar-refractivity contribution in [3.8, 4) is 11.6 Å². The van der Waals surface area contributed by atoms with E-state index in [-0.39, 0.29) is 0 Å². The third-order valence-electron chi connectivity index (χ3n) is 3.71. The van der Waals surface area contributed by atoms with Crippen LogP contribution in [0.3, 0.4) is 0 Å². The molecule has 0 saturated heterocycles. The zero-order valence-electron chi connectivity index (χ0n) is 14.7. The second-order valence-electron chi connectivity index (χ2n) is 5.53. The summed E-state index contributed by atoms with van der Waals surface area (Å²) in [5.74, 6) is 3.20. The van der Waals surface area contributed by atoms with Gasteiger partial charge >= 0.3 is 7.25 Å². The summed E-state index contributed by atoms with van der Waals surface area (Å²) in [6.45, 7) is 1.93. The first-order chi connectivity index (χ1) is 12.9. The highest BCUT2D eigenvalue weighted by atomic mass is 31.2. The predicted octanol–water partition coefficient (Wildman–Crippen LogP) is 5.26. The monoisotopic (exact) mass is 388 g/mol. The van der Waals surface area contributed by atoms with Crippen LogP contribution in [-0.4, -0.2) is 7.25 Å². The van der Waals surface area contributed by atoms with Gasteiger partial charge in [0.05, 0.1) is 5.66 Å². The molecule has 27 heavy (non-hydrogen) atoms. The molecule has 0 atom stereocenters. The van der Waals surface area contributed by atoms with E-state index < -0.39 is 14.5 Å². The van der Waals surface area contributed by atoms with E-state index in [0.717, 1.165) is 0 Å². The normalized spacial score (nSPS) is 10.9. The molecule has 0 heterocycles. The van der Waals surface area contributed by atoms with Gasteiger partial charge in [-0.3, -0.25) is 0 Å². The highest BCUT2D eigenvalue weighted by molar-refractivity contribution is 7.99. The van der Waals surface area contributed by atoms with Gasteiger partial charge in [-0.25, -0.2) is 0 Å². The van der Waals surface area contributed by atoms with Crippen LogP contribution in [0.25, 0.3) is 0 Å². The highest BCUT2D eigenvalue weighted by Gasteiger charge is 2.44. The summed E-state index contributed by atoms with van der Waals surface area (Å²) in [6.07, 6.45) is 0. The minimum atomic E-state index is -6.00. The molecule has 3 rings (SSSR count). The fourth-order valence-corrected chi connectivity index (χ4v) is 6.24. The summed E-state index contributed by atoms with van der Waals surface area (Å²) >= 11 is 0. The Labute approximate surface area is 157 Å². The molecule has 0 aliphatic heterocycles. The number of hydrogen-bond donors (Lipinski definition) is 0. The molecule has 0 aliphatic carbocycles. The van der Waals surface area contributed by atoms with Crippen molar-refractivity contribution in [1.82, 2.24) is 0 Å². The molecule has 3 aromatic carbocycles. The van der Waals surface area contributed by atoms with Crippen molar-refractivity contribution in [2.75, 3.05) is 0 Å². The third-order valence-corrected chi connectivity index (χ3v) is 7.49. The van der Waals surface area contributed by atoms with Gasteiger partial charge in [0.1, 0.15) is 15.9 Å². The van der Waals surface area contributed by atoms with Crippen molar-refractivity contribution in [2.24, 2.45) is 0 Å². The van der Waals surface area contributed by atoms with Gasteiger partial charge in [0, 0.05) is 6.92 Å². The Morgan fingerprint density at radius 3 is 1.07 bits per heavy atom. The highest BCUT2D eigenvalue weighted by Crippen LogP contribution is 2.54. The maximum Gasteiger partial charge on any atom is 0.673 e. The Bertz CT molecular complexity index is 783. The smallest absolute Gasteiger partial charge is 0.418 e. The van der Waals surface area contributed by atoms with E-state index in [4.69, 9.17) is 0 Å². The van der Waals surface area contributed by atoms with Gasteiger partial charge in [0.2, 0.25) is 0 Å². The van der Waals surface area contributed by atoms with Crippen molar-refractivity contribution < 1.29 is 17.3 Å². The molecule has 0 fully saturated rings. The van der Waals surface area contributed by atoms with Crippen LogP contribution < -0.4 is 15.9 Å². The molecule has 0 saturated carbocycles. The summed E-state index contributed by atoms with van der Waals surface area (Å²) in [5, 5.41) is 3.92. The topological polar surface area (TPSA) is 0 Å². The maximum absolute atomic E-state index is 9.75. The molecule has 0 spiro atoms. The summed E-state index contributed by atoms with van der Waals surface area (Å²) in [4.78, 5) is 0. The third kappa shape index (κ3) is 5.71. The standard InChI is InChI=1S/C21H18P.BF4/c1-2-18-22(19-12-6-3-7-13-19,20-14-8-4-9-15-20)21-16-10-5-11-17-21;2-1(3,4)5/h3-17H,1H3;/q+1;-1. The predicted molar refractivity (Wildman–Crippen MR) is 109 cm³/mol. The Balaban J connectivity index is 0.000000465. The van der Waals surface area contributed by atoms with E-state index in [9.17, 15) is 17.3 Å². The molecule has 0 nitrogen and oxygen atoms in total. The molecule has 0 aromatic heterocycles. The van der Waals surface area contributed by atoms with Gasteiger partial charge in [-0.15, -0.1) is 0 Å². The van der Waals surface area contributed by atoms with E-state index in [1.54, 1.807) is 0 Å². The van der Waals surface area contributed by atoms with Crippen LogP contribution >= 0.6 is 7.26 Å². The minimum Gasteiger partial charge on any atom is -0.418 e. The summed E-state index contributed by atoms with van der Waals surface area (Å²) < 4.78 is 39.0. The molecule has 0 radical (unpaired) electrons. The molecule has 0 amide bonds. The Kier molecular flexibility index (Phi) is 7.22. The van der Waals surface area contributed by atoms with Crippen LogP contribution in [0.5, 0.6) is 0 Å². The van der Waals surface area contributed by atoms with Gasteiger partial charge in [-0.2, -0.15) is 0 Å². The van der Waals surface area contributed by atoms with E-state index in [1.807, 2.05) is 6.92 Å². The number of halogens is 4. The zero-order valence-corrected chi connectivity index (χ0v) is 15.6. The van der Waals surface area contributed by atoms with Crippen LogP contribution in [0.4, 0.5) is 17.3 Å². The fourth-order valence-electron chi connectivity index (χ4n) is 2.76. The van der Waals surface area contributed by atoms with Crippen LogP contribution in [0.15, 0.2) is 91.0 Å².